The molecule has 5 heterocycles. The fourth-order valence-corrected chi connectivity index (χ4v) is 14.1. The van der Waals surface area contributed by atoms with Gasteiger partial charge in [-0.15, -0.1) is 29.7 Å². The standard InChI is InChI=1S/C82H69N5O.Pt/c1-79(2,3)53-37-40-83-76(45-53)87-72-34-21-18-31-62(72)63-36-35-57(47-73(63)87)88-56-26-22-25-55(46-56)84-50-85-77-66(41-52(42-74(77)84)51-23-12-11-13-24-51)59-28-15-14-27-58(59)64-48-68-69(82(9,10)39-38-81(68,7)8)49-65(64)67-43-54(80(4,5)6)44-75(78(67)85)86-70-32-19-16-29-60(70)61-30-17-20-33-71(61)86;/h11-37,40-45,48-49H,38-39H2,1-10H3;/q-2;/i11D,12D,13D,23D,24D;. The van der Waals surface area contributed by atoms with Crippen molar-refractivity contribution in [1.29, 1.82) is 0 Å². The molecule has 0 saturated heterocycles. The van der Waals surface area contributed by atoms with E-state index in [1.54, 1.807) is 0 Å². The molecule has 0 N–H and O–H groups in total. The zero-order valence-corrected chi connectivity index (χ0v) is 54.0. The van der Waals surface area contributed by atoms with E-state index in [1.807, 2.05) is 47.2 Å². The zero-order chi connectivity index (χ0) is 64.5. The molecule has 0 amide bonds. The fourth-order valence-electron chi connectivity index (χ4n) is 14.1. The molecule has 0 saturated carbocycles. The maximum atomic E-state index is 9.55. The van der Waals surface area contributed by atoms with E-state index < -0.39 is 18.1 Å². The van der Waals surface area contributed by atoms with Gasteiger partial charge in [0.15, 0.2) is 0 Å². The number of fused-ring (bicyclic) bond motifs is 14. The first-order valence-corrected chi connectivity index (χ1v) is 30.7. The van der Waals surface area contributed by atoms with Crippen molar-refractivity contribution in [2.75, 3.05) is 0 Å². The zero-order valence-electron chi connectivity index (χ0n) is 56.7. The molecule has 89 heavy (non-hydrogen) atoms. The molecule has 6 nitrogen and oxygen atoms in total. The first kappa shape index (κ1) is 50.9. The van der Waals surface area contributed by atoms with Gasteiger partial charge in [0.2, 0.25) is 0 Å². The Morgan fingerprint density at radius 3 is 1.74 bits per heavy atom. The summed E-state index contributed by atoms with van der Waals surface area (Å²) in [7, 11) is 0. The molecule has 440 valence electrons. The summed E-state index contributed by atoms with van der Waals surface area (Å²) in [6.45, 7) is 23.1. The van der Waals surface area contributed by atoms with Gasteiger partial charge in [-0.05, 0) is 161 Å². The molecule has 1 aliphatic carbocycles. The van der Waals surface area contributed by atoms with Crippen molar-refractivity contribution in [3.8, 4) is 78.9 Å². The summed E-state index contributed by atoms with van der Waals surface area (Å²) in [5.74, 6) is 1.70. The van der Waals surface area contributed by atoms with Crippen molar-refractivity contribution in [2.24, 2.45) is 0 Å². The maximum Gasteiger partial charge on any atom is 0.268 e. The number of hydrogen-bond acceptors (Lipinski definition) is 2. The minimum absolute atomic E-state index is 0. The molecule has 0 spiro atoms. The Balaban J connectivity index is 0.00000729. The van der Waals surface area contributed by atoms with Crippen molar-refractivity contribution in [2.45, 2.75) is 104 Å². The number of rotatable bonds is 6. The van der Waals surface area contributed by atoms with Gasteiger partial charge in [-0.3, -0.25) is 4.57 Å². The van der Waals surface area contributed by atoms with Crippen molar-refractivity contribution in [1.82, 2.24) is 18.7 Å². The molecule has 0 radical (unpaired) electrons. The Bertz CT molecular complexity index is 5460. The Kier molecular flexibility index (Phi) is 11.7. The quantitative estimate of drug-likeness (QED) is 0.123. The monoisotopic (exact) mass is 1340 g/mol. The molecule has 14 aromatic rings. The molecule has 1 aliphatic heterocycles. The molecule has 16 rings (SSSR count). The fraction of sp³-hybridized carbons (Fsp3) is 0.195. The van der Waals surface area contributed by atoms with Crippen LogP contribution in [0.15, 0.2) is 212 Å². The van der Waals surface area contributed by atoms with Gasteiger partial charge in [0.25, 0.3) is 6.33 Å². The minimum atomic E-state index is -0.452. The van der Waals surface area contributed by atoms with Crippen LogP contribution in [0.4, 0.5) is 0 Å². The summed E-state index contributed by atoms with van der Waals surface area (Å²) < 4.78 is 61.7. The van der Waals surface area contributed by atoms with Gasteiger partial charge in [0.05, 0.1) is 40.3 Å². The predicted octanol–water partition coefficient (Wildman–Crippen LogP) is 20.6. The summed E-state index contributed by atoms with van der Waals surface area (Å²) in [4.78, 5) is 4.93. The Morgan fingerprint density at radius 2 is 1.09 bits per heavy atom. The van der Waals surface area contributed by atoms with Crippen LogP contribution < -0.4 is 9.30 Å². The Labute approximate surface area is 543 Å². The summed E-state index contributed by atoms with van der Waals surface area (Å²) >= 11 is 0. The van der Waals surface area contributed by atoms with Gasteiger partial charge in [-0.2, -0.15) is 18.2 Å². The van der Waals surface area contributed by atoms with E-state index in [0.29, 0.717) is 28.3 Å². The van der Waals surface area contributed by atoms with E-state index in [4.69, 9.17) is 13.8 Å². The van der Waals surface area contributed by atoms with Crippen LogP contribution in [0.3, 0.4) is 0 Å². The summed E-state index contributed by atoms with van der Waals surface area (Å²) in [5, 5.41) is 4.36. The third kappa shape index (κ3) is 9.07. The molecular weight excluding hydrogens is 1270 g/mol. The minimum Gasteiger partial charge on any atom is -0.510 e. The van der Waals surface area contributed by atoms with Gasteiger partial charge in [0, 0.05) is 55.1 Å². The van der Waals surface area contributed by atoms with Gasteiger partial charge >= 0.3 is 0 Å². The molecule has 4 aromatic heterocycles. The Morgan fingerprint density at radius 1 is 0.506 bits per heavy atom. The molecule has 0 bridgehead atoms. The summed E-state index contributed by atoms with van der Waals surface area (Å²) in [5.41, 5.74) is 18.6. The second-order valence-corrected chi connectivity index (χ2v) is 27.5. The number of hydrogen-bond donors (Lipinski definition) is 0. The van der Waals surface area contributed by atoms with Crippen LogP contribution >= 0.6 is 0 Å². The summed E-state index contributed by atoms with van der Waals surface area (Å²) in [6, 6.07) is 67.7. The number of para-hydroxylation sites is 3. The number of benzene rings is 10. The van der Waals surface area contributed by atoms with Crippen LogP contribution in [-0.2, 0) is 42.7 Å². The molecule has 0 unspecified atom stereocenters. The van der Waals surface area contributed by atoms with E-state index in [2.05, 4.69) is 241 Å². The first-order chi connectivity index (χ1) is 44.4. The van der Waals surface area contributed by atoms with E-state index >= 15 is 0 Å². The SMILES string of the molecule is [2H]c1c([2H])c([2H])c(-c2cc3c4c(c2)n(-c2[c-]c(Oc5[c-]c6c(cc5)c5ccccc5n6-c5cc(C(C)(C)C)ccn5)ccc2)[c-][n+]4-c2c(cc(C(C)(C)C)cc2-n2c4ccccc4c4ccccc42)-c2cc4c(cc2-c2ccccc2-3)C(C)(C)CCC4(C)C)c([2H])c1[2H].[Pt]. The smallest absolute Gasteiger partial charge is 0.268 e. The first-order valence-electron chi connectivity index (χ1n) is 33.2. The van der Waals surface area contributed by atoms with Crippen molar-refractivity contribution >= 4 is 54.6 Å². The van der Waals surface area contributed by atoms with Crippen LogP contribution in [0, 0.1) is 18.5 Å². The predicted molar refractivity (Wildman–Crippen MR) is 362 cm³/mol. The van der Waals surface area contributed by atoms with Crippen LogP contribution in [0.1, 0.15) is 111 Å². The average Bonchev–Trinajstić information content (AvgIpc) is 1.51. The largest absolute Gasteiger partial charge is 0.510 e. The van der Waals surface area contributed by atoms with Crippen LogP contribution in [0.5, 0.6) is 11.5 Å². The number of aromatic nitrogens is 5. The summed E-state index contributed by atoms with van der Waals surface area (Å²) in [6.07, 6.45) is 7.98. The molecule has 0 atom stereocenters. The topological polar surface area (TPSA) is 40.8 Å². The van der Waals surface area contributed by atoms with Crippen molar-refractivity contribution < 1.29 is 37.2 Å². The number of ether oxygens (including phenoxy) is 1. The van der Waals surface area contributed by atoms with Crippen LogP contribution in [0.25, 0.3) is 122 Å². The van der Waals surface area contributed by atoms with Crippen molar-refractivity contribution in [3.05, 3.63) is 253 Å². The van der Waals surface area contributed by atoms with Gasteiger partial charge < -0.3 is 18.4 Å². The third-order valence-electron chi connectivity index (χ3n) is 18.9. The Hall–Kier alpha value is -9.09. The molecule has 0 fully saturated rings. The maximum absolute atomic E-state index is 9.55. The average molecular weight is 1340 g/mol. The van der Waals surface area contributed by atoms with Gasteiger partial charge in [-0.1, -0.05) is 202 Å². The van der Waals surface area contributed by atoms with E-state index in [9.17, 15) is 2.74 Å². The normalized spacial score (nSPS) is 15.0. The molecule has 2 aliphatic rings. The second-order valence-electron chi connectivity index (χ2n) is 27.5. The third-order valence-corrected chi connectivity index (χ3v) is 18.9. The van der Waals surface area contributed by atoms with Crippen molar-refractivity contribution in [3.63, 3.8) is 0 Å². The van der Waals surface area contributed by atoms with E-state index in [0.717, 1.165) is 118 Å². The molecule has 7 heteroatoms. The second kappa shape index (κ2) is 20.5. The van der Waals surface area contributed by atoms with Crippen LogP contribution in [-0.4, -0.2) is 18.7 Å². The molecule has 10 aromatic carbocycles. The van der Waals surface area contributed by atoms with E-state index in [-0.39, 0.29) is 60.4 Å². The molecular formula is C82H69N5OPt-2. The number of imidazole rings is 1. The van der Waals surface area contributed by atoms with Gasteiger partial charge in [0.1, 0.15) is 5.82 Å². The van der Waals surface area contributed by atoms with Crippen LogP contribution in [0.2, 0.25) is 0 Å². The number of pyridine rings is 1. The van der Waals surface area contributed by atoms with Gasteiger partial charge in [-0.25, -0.2) is 4.98 Å². The number of nitrogens with zero attached hydrogens (tertiary/aromatic N) is 5. The van der Waals surface area contributed by atoms with E-state index in [1.165, 1.54) is 16.7 Å².